The van der Waals surface area contributed by atoms with Crippen molar-refractivity contribution in [3.05, 3.63) is 0 Å². The second-order valence-corrected chi connectivity index (χ2v) is 8.55. The molecule has 1 N–H and O–H groups in total. The van der Waals surface area contributed by atoms with Crippen molar-refractivity contribution in [2.75, 3.05) is 33.8 Å². The highest BCUT2D eigenvalue weighted by Gasteiger charge is 2.59. The normalized spacial score (nSPS) is 36.6. The number of likely N-dealkylation sites (tertiary alicyclic amines) is 1. The number of carbonyl (C=O) groups is 1. The molecular weight excluding hydrogens is 290 g/mol. The summed E-state index contributed by atoms with van der Waals surface area (Å²) in [7, 11) is 3.69. The molecule has 0 aromatic heterocycles. The van der Waals surface area contributed by atoms with Gasteiger partial charge in [-0.25, -0.2) is 4.79 Å². The molecule has 2 saturated carbocycles. The molecule has 3 fully saturated rings. The van der Waals surface area contributed by atoms with Crippen LogP contribution in [0.3, 0.4) is 0 Å². The first-order chi connectivity index (χ1) is 10.8. The summed E-state index contributed by atoms with van der Waals surface area (Å²) in [6, 6.07) is 1.14. The average molecular weight is 323 g/mol. The maximum atomic E-state index is 12.5. The summed E-state index contributed by atoms with van der Waals surface area (Å²) < 4.78 is 5.67. The third kappa shape index (κ3) is 2.98. The van der Waals surface area contributed by atoms with Crippen molar-refractivity contribution in [2.24, 2.45) is 11.3 Å². The van der Waals surface area contributed by atoms with Crippen molar-refractivity contribution in [1.29, 1.82) is 0 Å². The van der Waals surface area contributed by atoms with Gasteiger partial charge in [0.15, 0.2) is 0 Å². The zero-order valence-corrected chi connectivity index (χ0v) is 15.4. The Balaban J connectivity index is 1.45. The summed E-state index contributed by atoms with van der Waals surface area (Å²) in [6.45, 7) is 9.70. The molecule has 132 valence electrons. The Morgan fingerprint density at radius 3 is 2.57 bits per heavy atom. The van der Waals surface area contributed by atoms with Crippen LogP contribution in [-0.2, 0) is 4.74 Å². The van der Waals surface area contributed by atoms with Crippen molar-refractivity contribution >= 4 is 6.03 Å². The van der Waals surface area contributed by atoms with Gasteiger partial charge in [-0.05, 0) is 45.1 Å². The molecule has 2 amide bonds. The fourth-order valence-corrected chi connectivity index (χ4v) is 4.37. The molecule has 3 rings (SSSR count). The smallest absolute Gasteiger partial charge is 0.317 e. The zero-order valence-electron chi connectivity index (χ0n) is 15.4. The zero-order chi connectivity index (χ0) is 16.8. The van der Waals surface area contributed by atoms with Crippen LogP contribution in [0.1, 0.15) is 46.5 Å². The van der Waals surface area contributed by atoms with Gasteiger partial charge in [0.05, 0.1) is 5.60 Å². The van der Waals surface area contributed by atoms with Gasteiger partial charge in [-0.1, -0.05) is 13.8 Å². The molecule has 3 atom stereocenters. The molecule has 0 bridgehead atoms. The molecule has 0 spiro atoms. The lowest BCUT2D eigenvalue weighted by atomic mass is 9.55. The molecule has 1 heterocycles. The highest BCUT2D eigenvalue weighted by atomic mass is 16.5. The Morgan fingerprint density at radius 1 is 1.30 bits per heavy atom. The standard InChI is InChI=1S/C18H33N3O2/c1-17(2)15(10-18(17,3)23-5)20(4)16(22)19-11-13-8-9-21(12-13)14-6-7-14/h13-15H,6-12H2,1-5H3,(H,19,22)/t13-,15-,18+/m0/s1. The molecule has 1 aliphatic heterocycles. The van der Waals surface area contributed by atoms with E-state index in [0.29, 0.717) is 5.92 Å². The van der Waals surface area contributed by atoms with E-state index in [1.807, 2.05) is 11.9 Å². The summed E-state index contributed by atoms with van der Waals surface area (Å²) in [4.78, 5) is 17.0. The second kappa shape index (κ2) is 5.92. The maximum Gasteiger partial charge on any atom is 0.317 e. The average Bonchev–Trinajstić information content (AvgIpc) is 3.27. The van der Waals surface area contributed by atoms with Crippen LogP contribution in [0.4, 0.5) is 4.79 Å². The van der Waals surface area contributed by atoms with E-state index < -0.39 is 0 Å². The maximum absolute atomic E-state index is 12.5. The number of ether oxygens (including phenoxy) is 1. The molecule has 0 aromatic rings. The minimum absolute atomic E-state index is 0.0238. The van der Waals surface area contributed by atoms with E-state index in [4.69, 9.17) is 4.74 Å². The van der Waals surface area contributed by atoms with Crippen LogP contribution in [0.15, 0.2) is 0 Å². The third-order valence-corrected chi connectivity index (χ3v) is 6.94. The number of nitrogens with one attached hydrogen (secondary N) is 1. The quantitative estimate of drug-likeness (QED) is 0.844. The monoisotopic (exact) mass is 323 g/mol. The SMILES string of the molecule is CO[C@]1(C)C[C@H](N(C)C(=O)NC[C@@H]2CCN(C3CC3)C2)C1(C)C. The highest BCUT2D eigenvalue weighted by molar-refractivity contribution is 5.74. The number of carbonyl (C=O) groups excluding carboxylic acids is 1. The van der Waals surface area contributed by atoms with Gasteiger partial charge in [-0.3, -0.25) is 0 Å². The molecular formula is C18H33N3O2. The number of hydrogen-bond donors (Lipinski definition) is 1. The van der Waals surface area contributed by atoms with Crippen LogP contribution >= 0.6 is 0 Å². The van der Waals surface area contributed by atoms with E-state index in [9.17, 15) is 4.79 Å². The summed E-state index contributed by atoms with van der Waals surface area (Å²) in [5.74, 6) is 0.617. The van der Waals surface area contributed by atoms with E-state index in [1.54, 1.807) is 7.11 Å². The van der Waals surface area contributed by atoms with Crippen LogP contribution in [0.25, 0.3) is 0 Å². The Labute approximate surface area is 140 Å². The predicted molar refractivity (Wildman–Crippen MR) is 91.5 cm³/mol. The minimum Gasteiger partial charge on any atom is -0.378 e. The number of methoxy groups -OCH3 is 1. The lowest BCUT2D eigenvalue weighted by molar-refractivity contribution is -0.198. The first-order valence-electron chi connectivity index (χ1n) is 9.08. The number of amides is 2. The van der Waals surface area contributed by atoms with Crippen molar-refractivity contribution in [1.82, 2.24) is 15.1 Å². The number of nitrogens with zero attached hydrogens (tertiary/aromatic N) is 2. The Bertz CT molecular complexity index is 463. The molecule has 5 nitrogen and oxygen atoms in total. The summed E-state index contributed by atoms with van der Waals surface area (Å²) in [6.07, 6.45) is 4.87. The third-order valence-electron chi connectivity index (χ3n) is 6.94. The lowest BCUT2D eigenvalue weighted by Crippen LogP contribution is -2.69. The number of rotatable bonds is 5. The van der Waals surface area contributed by atoms with Gasteiger partial charge in [0.1, 0.15) is 0 Å². The van der Waals surface area contributed by atoms with Gasteiger partial charge in [-0.2, -0.15) is 0 Å². The highest BCUT2D eigenvalue weighted by Crippen LogP contribution is 2.53. The molecule has 0 radical (unpaired) electrons. The van der Waals surface area contributed by atoms with Crippen LogP contribution in [0, 0.1) is 11.3 Å². The second-order valence-electron chi connectivity index (χ2n) is 8.55. The molecule has 5 heteroatoms. The van der Waals surface area contributed by atoms with Gasteiger partial charge in [0, 0.05) is 44.7 Å². The summed E-state index contributed by atoms with van der Waals surface area (Å²) >= 11 is 0. The van der Waals surface area contributed by atoms with Crippen LogP contribution < -0.4 is 5.32 Å². The van der Waals surface area contributed by atoms with E-state index in [0.717, 1.165) is 25.6 Å². The minimum atomic E-state index is -0.136. The van der Waals surface area contributed by atoms with Gasteiger partial charge in [-0.15, -0.1) is 0 Å². The molecule has 0 unspecified atom stereocenters. The van der Waals surface area contributed by atoms with Crippen molar-refractivity contribution < 1.29 is 9.53 Å². The van der Waals surface area contributed by atoms with Gasteiger partial charge in [0.2, 0.25) is 0 Å². The molecule has 0 aromatic carbocycles. The first-order valence-corrected chi connectivity index (χ1v) is 9.08. The van der Waals surface area contributed by atoms with Crippen LogP contribution in [0.2, 0.25) is 0 Å². The number of urea groups is 1. The summed E-state index contributed by atoms with van der Waals surface area (Å²) in [5, 5.41) is 3.16. The number of hydrogen-bond acceptors (Lipinski definition) is 3. The summed E-state index contributed by atoms with van der Waals surface area (Å²) in [5.41, 5.74) is -0.160. The molecule has 2 aliphatic carbocycles. The first kappa shape index (κ1) is 17.0. The topological polar surface area (TPSA) is 44.8 Å². The Kier molecular flexibility index (Phi) is 4.38. The van der Waals surface area contributed by atoms with Gasteiger partial charge >= 0.3 is 6.03 Å². The van der Waals surface area contributed by atoms with Gasteiger partial charge < -0.3 is 19.9 Å². The molecule has 1 saturated heterocycles. The fourth-order valence-electron chi connectivity index (χ4n) is 4.37. The van der Waals surface area contributed by atoms with Crippen molar-refractivity contribution in [3.63, 3.8) is 0 Å². The van der Waals surface area contributed by atoms with E-state index in [1.165, 1.54) is 25.8 Å². The van der Waals surface area contributed by atoms with E-state index in [-0.39, 0.29) is 23.1 Å². The van der Waals surface area contributed by atoms with Crippen LogP contribution in [-0.4, -0.2) is 67.3 Å². The van der Waals surface area contributed by atoms with Crippen molar-refractivity contribution in [3.8, 4) is 0 Å². The van der Waals surface area contributed by atoms with E-state index in [2.05, 4.69) is 31.0 Å². The molecule has 23 heavy (non-hydrogen) atoms. The predicted octanol–water partition coefficient (Wildman–Crippen LogP) is 2.32. The molecule has 3 aliphatic rings. The Hall–Kier alpha value is -0.810. The Morgan fingerprint density at radius 2 is 2.00 bits per heavy atom. The van der Waals surface area contributed by atoms with Gasteiger partial charge in [0.25, 0.3) is 0 Å². The van der Waals surface area contributed by atoms with E-state index >= 15 is 0 Å². The van der Waals surface area contributed by atoms with Crippen LogP contribution in [0.5, 0.6) is 0 Å². The largest absolute Gasteiger partial charge is 0.378 e. The van der Waals surface area contributed by atoms with Crippen molar-refractivity contribution in [2.45, 2.75) is 64.1 Å². The fraction of sp³-hybridized carbons (Fsp3) is 0.944. The lowest BCUT2D eigenvalue weighted by Gasteiger charge is -2.61.